The van der Waals surface area contributed by atoms with E-state index in [1.807, 2.05) is 24.3 Å². The fourth-order valence-corrected chi connectivity index (χ4v) is 3.06. The Morgan fingerprint density at radius 2 is 1.94 bits per heavy atom. The third kappa shape index (κ3) is 2.40. The van der Waals surface area contributed by atoms with Crippen LogP contribution in [0.25, 0.3) is 10.9 Å². The molecule has 0 radical (unpaired) electrons. The first-order chi connectivity index (χ1) is 8.83. The molecule has 3 aromatic rings. The molecule has 0 aliphatic carbocycles. The van der Waals surface area contributed by atoms with Gasteiger partial charge >= 0.3 is 0 Å². The SMILES string of the molecule is ClC(Cc1ccc2ccccc2n1)c1cccs1. The number of aromatic nitrogens is 1. The Morgan fingerprint density at radius 3 is 2.78 bits per heavy atom. The number of nitrogens with zero attached hydrogens (tertiary/aromatic N) is 1. The van der Waals surface area contributed by atoms with Crippen LogP contribution in [0.2, 0.25) is 0 Å². The largest absolute Gasteiger partial charge is 0.253 e. The topological polar surface area (TPSA) is 12.9 Å². The van der Waals surface area contributed by atoms with Gasteiger partial charge in [0.1, 0.15) is 0 Å². The normalized spacial score (nSPS) is 12.7. The van der Waals surface area contributed by atoms with Gasteiger partial charge in [-0.3, -0.25) is 4.98 Å². The molecule has 0 saturated heterocycles. The lowest BCUT2D eigenvalue weighted by molar-refractivity contribution is 0.904. The Balaban J connectivity index is 1.86. The molecule has 0 N–H and O–H groups in total. The van der Waals surface area contributed by atoms with Gasteiger partial charge in [-0.2, -0.15) is 0 Å². The number of rotatable bonds is 3. The van der Waals surface area contributed by atoms with Crippen molar-refractivity contribution in [2.75, 3.05) is 0 Å². The fraction of sp³-hybridized carbons (Fsp3) is 0.133. The van der Waals surface area contributed by atoms with Gasteiger partial charge in [0.05, 0.1) is 10.9 Å². The summed E-state index contributed by atoms with van der Waals surface area (Å²) >= 11 is 8.10. The minimum absolute atomic E-state index is 0.0127. The molecule has 0 aliphatic heterocycles. The lowest BCUT2D eigenvalue weighted by Crippen LogP contribution is -1.96. The van der Waals surface area contributed by atoms with Crippen LogP contribution in [-0.2, 0) is 6.42 Å². The number of benzene rings is 1. The highest BCUT2D eigenvalue weighted by molar-refractivity contribution is 7.10. The summed E-state index contributed by atoms with van der Waals surface area (Å²) in [5, 5.41) is 3.24. The van der Waals surface area contributed by atoms with E-state index >= 15 is 0 Å². The second-order valence-electron chi connectivity index (χ2n) is 4.18. The number of fused-ring (bicyclic) bond motifs is 1. The molecule has 1 nitrogen and oxygen atoms in total. The predicted molar refractivity (Wildman–Crippen MR) is 78.4 cm³/mol. The minimum Gasteiger partial charge on any atom is -0.253 e. The number of hydrogen-bond acceptors (Lipinski definition) is 2. The molecule has 1 aromatic carbocycles. The van der Waals surface area contributed by atoms with E-state index in [9.17, 15) is 0 Å². The van der Waals surface area contributed by atoms with Crippen LogP contribution < -0.4 is 0 Å². The molecule has 0 bridgehead atoms. The van der Waals surface area contributed by atoms with E-state index < -0.39 is 0 Å². The lowest BCUT2D eigenvalue weighted by atomic mass is 10.1. The maximum atomic E-state index is 6.40. The van der Waals surface area contributed by atoms with Crippen molar-refractivity contribution < 1.29 is 0 Å². The Labute approximate surface area is 115 Å². The molecule has 1 atom stereocenters. The van der Waals surface area contributed by atoms with Gasteiger partial charge < -0.3 is 0 Å². The van der Waals surface area contributed by atoms with Crippen molar-refractivity contribution in [3.05, 3.63) is 64.5 Å². The van der Waals surface area contributed by atoms with Crippen molar-refractivity contribution in [3.8, 4) is 0 Å². The molecule has 0 spiro atoms. The van der Waals surface area contributed by atoms with Gasteiger partial charge in [-0.25, -0.2) is 0 Å². The van der Waals surface area contributed by atoms with E-state index in [0.717, 1.165) is 17.6 Å². The van der Waals surface area contributed by atoms with E-state index in [1.54, 1.807) is 11.3 Å². The number of hydrogen-bond donors (Lipinski definition) is 0. The van der Waals surface area contributed by atoms with Crippen LogP contribution in [0.3, 0.4) is 0 Å². The van der Waals surface area contributed by atoms with E-state index in [2.05, 4.69) is 34.6 Å². The molecule has 2 heterocycles. The van der Waals surface area contributed by atoms with Crippen molar-refractivity contribution in [3.63, 3.8) is 0 Å². The number of halogens is 1. The molecular weight excluding hydrogens is 262 g/mol. The number of alkyl halides is 1. The molecule has 90 valence electrons. The monoisotopic (exact) mass is 273 g/mol. The quantitative estimate of drug-likeness (QED) is 0.624. The van der Waals surface area contributed by atoms with Crippen LogP contribution in [0.15, 0.2) is 53.9 Å². The number of para-hydroxylation sites is 1. The van der Waals surface area contributed by atoms with E-state index in [-0.39, 0.29) is 5.38 Å². The third-order valence-corrected chi connectivity index (χ3v) is 4.40. The van der Waals surface area contributed by atoms with Crippen molar-refractivity contribution >= 4 is 33.8 Å². The average molecular weight is 274 g/mol. The molecule has 3 rings (SSSR count). The molecule has 18 heavy (non-hydrogen) atoms. The summed E-state index contributed by atoms with van der Waals surface area (Å²) in [7, 11) is 0. The highest BCUT2D eigenvalue weighted by Gasteiger charge is 2.10. The molecule has 2 aromatic heterocycles. The van der Waals surface area contributed by atoms with Gasteiger partial charge in [-0.1, -0.05) is 30.3 Å². The summed E-state index contributed by atoms with van der Waals surface area (Å²) in [6.07, 6.45) is 0.771. The van der Waals surface area contributed by atoms with Crippen LogP contribution in [0.1, 0.15) is 15.9 Å². The zero-order chi connectivity index (χ0) is 12.4. The first kappa shape index (κ1) is 11.7. The lowest BCUT2D eigenvalue weighted by Gasteiger charge is -2.07. The summed E-state index contributed by atoms with van der Waals surface area (Å²) in [5.41, 5.74) is 2.08. The Hall–Kier alpha value is -1.38. The number of thiophene rings is 1. The van der Waals surface area contributed by atoms with Crippen molar-refractivity contribution in [1.82, 2.24) is 4.98 Å². The van der Waals surface area contributed by atoms with Gasteiger partial charge in [-0.15, -0.1) is 22.9 Å². The van der Waals surface area contributed by atoms with Gasteiger partial charge in [0.2, 0.25) is 0 Å². The van der Waals surface area contributed by atoms with Crippen LogP contribution in [0, 0.1) is 0 Å². The average Bonchev–Trinajstić information content (AvgIpc) is 2.92. The van der Waals surface area contributed by atoms with E-state index in [0.29, 0.717) is 0 Å². The van der Waals surface area contributed by atoms with Crippen molar-refractivity contribution in [1.29, 1.82) is 0 Å². The van der Waals surface area contributed by atoms with Crippen LogP contribution in [-0.4, -0.2) is 4.98 Å². The molecular formula is C15H12ClNS. The maximum Gasteiger partial charge on any atom is 0.0733 e. The maximum absolute atomic E-state index is 6.40. The first-order valence-electron chi connectivity index (χ1n) is 5.85. The highest BCUT2D eigenvalue weighted by Crippen LogP contribution is 2.28. The smallest absolute Gasteiger partial charge is 0.0733 e. The first-order valence-corrected chi connectivity index (χ1v) is 7.17. The van der Waals surface area contributed by atoms with Crippen LogP contribution >= 0.6 is 22.9 Å². The minimum atomic E-state index is 0.0127. The summed E-state index contributed by atoms with van der Waals surface area (Å²) in [5.74, 6) is 0. The zero-order valence-corrected chi connectivity index (χ0v) is 11.3. The Kier molecular flexibility index (Phi) is 3.31. The van der Waals surface area contributed by atoms with Gasteiger partial charge in [0.25, 0.3) is 0 Å². The number of pyridine rings is 1. The zero-order valence-electron chi connectivity index (χ0n) is 9.71. The second-order valence-corrected chi connectivity index (χ2v) is 5.69. The summed E-state index contributed by atoms with van der Waals surface area (Å²) in [6.45, 7) is 0. The van der Waals surface area contributed by atoms with Crippen LogP contribution in [0.4, 0.5) is 0 Å². The van der Waals surface area contributed by atoms with Crippen LogP contribution in [0.5, 0.6) is 0 Å². The molecule has 0 saturated carbocycles. The van der Waals surface area contributed by atoms with Crippen molar-refractivity contribution in [2.24, 2.45) is 0 Å². The second kappa shape index (κ2) is 5.09. The van der Waals surface area contributed by atoms with E-state index in [1.165, 1.54) is 10.3 Å². The molecule has 1 unspecified atom stereocenters. The third-order valence-electron chi connectivity index (χ3n) is 2.90. The molecule has 0 amide bonds. The summed E-state index contributed by atoms with van der Waals surface area (Å²) in [6, 6.07) is 16.4. The van der Waals surface area contributed by atoms with Crippen molar-refractivity contribution in [2.45, 2.75) is 11.8 Å². The van der Waals surface area contributed by atoms with Gasteiger partial charge in [0.15, 0.2) is 0 Å². The summed E-state index contributed by atoms with van der Waals surface area (Å²) < 4.78 is 0. The van der Waals surface area contributed by atoms with Gasteiger partial charge in [-0.05, 0) is 23.6 Å². The Morgan fingerprint density at radius 1 is 1.06 bits per heavy atom. The molecule has 0 fully saturated rings. The van der Waals surface area contributed by atoms with Gasteiger partial charge in [0, 0.05) is 22.4 Å². The Bertz CT molecular complexity index is 648. The molecule has 0 aliphatic rings. The standard InChI is InChI=1S/C15H12ClNS/c16-13(15-6-3-9-18-15)10-12-8-7-11-4-1-2-5-14(11)17-12/h1-9,13H,10H2. The summed E-state index contributed by atoms with van der Waals surface area (Å²) in [4.78, 5) is 5.85. The van der Waals surface area contributed by atoms with E-state index in [4.69, 9.17) is 11.6 Å². The fourth-order valence-electron chi connectivity index (χ4n) is 1.98. The highest BCUT2D eigenvalue weighted by atomic mass is 35.5. The molecule has 3 heteroatoms. The predicted octanol–water partition coefficient (Wildman–Crippen LogP) is 4.82.